The summed E-state index contributed by atoms with van der Waals surface area (Å²) in [4.78, 5) is 0. The minimum atomic E-state index is -0.498. The number of hydrogen-bond donors (Lipinski definition) is 1. The van der Waals surface area contributed by atoms with E-state index >= 15 is 0 Å². The maximum absolute atomic E-state index is 13.7. The van der Waals surface area contributed by atoms with Crippen molar-refractivity contribution >= 4 is 27.7 Å². The molecule has 94 valence electrons. The summed E-state index contributed by atoms with van der Waals surface area (Å²) in [6, 6.07) is 3.07. The highest BCUT2D eigenvalue weighted by Crippen LogP contribution is 2.22. The minimum absolute atomic E-state index is 0.123. The summed E-state index contributed by atoms with van der Waals surface area (Å²) in [7, 11) is 0. The molecular formula is C12H14BrF2NS. The molecule has 0 spiro atoms. The quantitative estimate of drug-likeness (QED) is 0.852. The van der Waals surface area contributed by atoms with Gasteiger partial charge in [0.05, 0.1) is 4.47 Å². The molecule has 0 unspecified atom stereocenters. The molecule has 2 rings (SSSR count). The van der Waals surface area contributed by atoms with Crippen molar-refractivity contribution in [3.63, 3.8) is 0 Å². The van der Waals surface area contributed by atoms with E-state index in [0.29, 0.717) is 10.5 Å². The Balaban J connectivity index is 2.00. The molecule has 1 heterocycles. The molecule has 0 aliphatic carbocycles. The summed E-state index contributed by atoms with van der Waals surface area (Å²) < 4.78 is 27.5. The highest BCUT2D eigenvalue weighted by molar-refractivity contribution is 9.10. The molecule has 0 bridgehead atoms. The van der Waals surface area contributed by atoms with Gasteiger partial charge in [-0.05, 0) is 52.4 Å². The standard InChI is InChI=1S/C12H14BrF2NS/c13-10-1-2-11(14)9(12(10)15)7-16-8-3-5-17-6-4-8/h1-2,8,16H,3-7H2. The molecular weight excluding hydrogens is 308 g/mol. The summed E-state index contributed by atoms with van der Waals surface area (Å²) in [6.07, 6.45) is 2.14. The van der Waals surface area contributed by atoms with E-state index in [1.54, 1.807) is 0 Å². The van der Waals surface area contributed by atoms with Crippen LogP contribution in [-0.2, 0) is 6.54 Å². The van der Waals surface area contributed by atoms with Crippen LogP contribution in [0.15, 0.2) is 16.6 Å². The van der Waals surface area contributed by atoms with E-state index in [0.717, 1.165) is 24.3 Å². The van der Waals surface area contributed by atoms with Gasteiger partial charge in [-0.15, -0.1) is 0 Å². The van der Waals surface area contributed by atoms with Gasteiger partial charge in [0.25, 0.3) is 0 Å². The molecule has 0 radical (unpaired) electrons. The second-order valence-electron chi connectivity index (χ2n) is 4.09. The number of halogens is 3. The maximum Gasteiger partial charge on any atom is 0.144 e. The highest BCUT2D eigenvalue weighted by atomic mass is 79.9. The normalized spacial score (nSPS) is 17.4. The van der Waals surface area contributed by atoms with Crippen molar-refractivity contribution in [1.82, 2.24) is 5.32 Å². The van der Waals surface area contributed by atoms with E-state index in [-0.39, 0.29) is 12.1 Å². The van der Waals surface area contributed by atoms with Crippen molar-refractivity contribution in [1.29, 1.82) is 0 Å². The lowest BCUT2D eigenvalue weighted by atomic mass is 10.1. The van der Waals surface area contributed by atoms with E-state index in [1.807, 2.05) is 11.8 Å². The Morgan fingerprint density at radius 2 is 2.00 bits per heavy atom. The van der Waals surface area contributed by atoms with Gasteiger partial charge in [-0.2, -0.15) is 11.8 Å². The van der Waals surface area contributed by atoms with Crippen molar-refractivity contribution in [3.8, 4) is 0 Å². The first-order chi connectivity index (χ1) is 8.18. The number of thioether (sulfide) groups is 1. The Bertz CT molecular complexity index is 394. The van der Waals surface area contributed by atoms with Crippen molar-refractivity contribution in [2.45, 2.75) is 25.4 Å². The Morgan fingerprint density at radius 3 is 2.71 bits per heavy atom. The SMILES string of the molecule is Fc1ccc(Br)c(F)c1CNC1CCSCC1. The molecule has 0 saturated carbocycles. The van der Waals surface area contributed by atoms with Crippen LogP contribution >= 0.6 is 27.7 Å². The molecule has 0 atom stereocenters. The van der Waals surface area contributed by atoms with Gasteiger partial charge in [-0.25, -0.2) is 8.78 Å². The molecule has 1 aromatic carbocycles. The van der Waals surface area contributed by atoms with Crippen LogP contribution in [0.1, 0.15) is 18.4 Å². The molecule has 1 nitrogen and oxygen atoms in total. The van der Waals surface area contributed by atoms with Gasteiger partial charge < -0.3 is 5.32 Å². The first-order valence-electron chi connectivity index (χ1n) is 5.62. The molecule has 1 N–H and O–H groups in total. The summed E-state index contributed by atoms with van der Waals surface area (Å²) in [5.41, 5.74) is 0.123. The Morgan fingerprint density at radius 1 is 1.29 bits per heavy atom. The molecule has 1 fully saturated rings. The third-order valence-corrected chi connectivity index (χ3v) is 4.59. The molecule has 1 aromatic rings. The average molecular weight is 322 g/mol. The maximum atomic E-state index is 13.7. The van der Waals surface area contributed by atoms with E-state index in [9.17, 15) is 8.78 Å². The fourth-order valence-electron chi connectivity index (χ4n) is 1.88. The number of rotatable bonds is 3. The first-order valence-corrected chi connectivity index (χ1v) is 7.56. The third-order valence-electron chi connectivity index (χ3n) is 2.93. The zero-order valence-electron chi connectivity index (χ0n) is 9.31. The van der Waals surface area contributed by atoms with Crippen LogP contribution in [0.4, 0.5) is 8.78 Å². The molecule has 1 aliphatic heterocycles. The van der Waals surface area contributed by atoms with Gasteiger partial charge in [0, 0.05) is 18.2 Å². The summed E-state index contributed by atoms with van der Waals surface area (Å²) >= 11 is 5.01. The molecule has 0 amide bonds. The lowest BCUT2D eigenvalue weighted by molar-refractivity contribution is 0.459. The van der Waals surface area contributed by atoms with Crippen LogP contribution in [0.25, 0.3) is 0 Å². The summed E-state index contributed by atoms with van der Waals surface area (Å²) in [5, 5.41) is 3.23. The van der Waals surface area contributed by atoms with Gasteiger partial charge in [-0.3, -0.25) is 0 Å². The lowest BCUT2D eigenvalue weighted by Crippen LogP contribution is -2.32. The van der Waals surface area contributed by atoms with Gasteiger partial charge in [0.2, 0.25) is 0 Å². The van der Waals surface area contributed by atoms with Crippen molar-refractivity contribution < 1.29 is 8.78 Å². The van der Waals surface area contributed by atoms with Crippen molar-refractivity contribution in [2.75, 3.05) is 11.5 Å². The zero-order chi connectivity index (χ0) is 12.3. The van der Waals surface area contributed by atoms with Gasteiger partial charge in [-0.1, -0.05) is 0 Å². The fraction of sp³-hybridized carbons (Fsp3) is 0.500. The van der Waals surface area contributed by atoms with Crippen LogP contribution in [0.3, 0.4) is 0 Å². The van der Waals surface area contributed by atoms with Crippen LogP contribution in [0.2, 0.25) is 0 Å². The van der Waals surface area contributed by atoms with Crippen LogP contribution in [0, 0.1) is 11.6 Å². The summed E-state index contributed by atoms with van der Waals surface area (Å²) in [6.45, 7) is 0.256. The average Bonchev–Trinajstić information content (AvgIpc) is 2.35. The van der Waals surface area contributed by atoms with Crippen LogP contribution in [-0.4, -0.2) is 17.5 Å². The minimum Gasteiger partial charge on any atom is -0.310 e. The first kappa shape index (κ1) is 13.3. The molecule has 0 aromatic heterocycles. The van der Waals surface area contributed by atoms with E-state index in [1.165, 1.54) is 12.1 Å². The predicted molar refractivity (Wildman–Crippen MR) is 71.2 cm³/mol. The van der Waals surface area contributed by atoms with E-state index < -0.39 is 11.6 Å². The second-order valence-corrected chi connectivity index (χ2v) is 6.17. The molecule has 1 saturated heterocycles. The number of hydrogen-bond acceptors (Lipinski definition) is 2. The van der Waals surface area contributed by atoms with Crippen molar-refractivity contribution in [3.05, 3.63) is 33.8 Å². The Labute approximate surface area is 112 Å². The smallest absolute Gasteiger partial charge is 0.144 e. The highest BCUT2D eigenvalue weighted by Gasteiger charge is 2.16. The number of nitrogens with one attached hydrogen (secondary N) is 1. The van der Waals surface area contributed by atoms with E-state index in [2.05, 4.69) is 21.2 Å². The fourth-order valence-corrected chi connectivity index (χ4v) is 3.36. The number of benzene rings is 1. The monoisotopic (exact) mass is 321 g/mol. The van der Waals surface area contributed by atoms with Crippen molar-refractivity contribution in [2.24, 2.45) is 0 Å². The largest absolute Gasteiger partial charge is 0.310 e. The third kappa shape index (κ3) is 3.42. The molecule has 17 heavy (non-hydrogen) atoms. The molecule has 5 heteroatoms. The lowest BCUT2D eigenvalue weighted by Gasteiger charge is -2.22. The summed E-state index contributed by atoms with van der Waals surface area (Å²) in [5.74, 6) is 1.27. The molecule has 1 aliphatic rings. The van der Waals surface area contributed by atoms with Gasteiger partial charge in [0.15, 0.2) is 0 Å². The van der Waals surface area contributed by atoms with Gasteiger partial charge in [0.1, 0.15) is 11.6 Å². The predicted octanol–water partition coefficient (Wildman–Crippen LogP) is 3.71. The van der Waals surface area contributed by atoms with Crippen LogP contribution < -0.4 is 5.32 Å². The topological polar surface area (TPSA) is 12.0 Å². The van der Waals surface area contributed by atoms with E-state index in [4.69, 9.17) is 0 Å². The zero-order valence-corrected chi connectivity index (χ0v) is 11.7. The Kier molecular flexibility index (Phi) is 4.82. The van der Waals surface area contributed by atoms with Gasteiger partial charge >= 0.3 is 0 Å². The van der Waals surface area contributed by atoms with Crippen LogP contribution in [0.5, 0.6) is 0 Å². The second kappa shape index (κ2) is 6.16. The Hall–Kier alpha value is -0.130.